The van der Waals surface area contributed by atoms with Crippen molar-refractivity contribution in [3.05, 3.63) is 17.5 Å². The van der Waals surface area contributed by atoms with Gasteiger partial charge in [-0.3, -0.25) is 4.68 Å². The Labute approximate surface area is 119 Å². The summed E-state index contributed by atoms with van der Waals surface area (Å²) in [7, 11) is 1.91. The van der Waals surface area contributed by atoms with Gasteiger partial charge in [0.25, 0.3) is 0 Å². The number of hydrogen-bond acceptors (Lipinski definition) is 4. The lowest BCUT2D eigenvalue weighted by molar-refractivity contribution is -0.159. The highest BCUT2D eigenvalue weighted by atomic mass is 16.5. The van der Waals surface area contributed by atoms with Gasteiger partial charge in [0.05, 0.1) is 17.9 Å². The molecule has 0 radical (unpaired) electrons. The van der Waals surface area contributed by atoms with Gasteiger partial charge >= 0.3 is 0 Å². The highest BCUT2D eigenvalue weighted by Gasteiger charge is 2.41. The second kappa shape index (κ2) is 5.47. The molecule has 2 unspecified atom stereocenters. The number of rotatable bonds is 2. The molecule has 0 aromatic carbocycles. The third-order valence-electron chi connectivity index (χ3n) is 4.97. The van der Waals surface area contributed by atoms with E-state index in [1.54, 1.807) is 6.20 Å². The molecule has 1 N–H and O–H groups in total. The second-order valence-electron chi connectivity index (χ2n) is 6.15. The van der Waals surface area contributed by atoms with E-state index in [4.69, 9.17) is 9.47 Å². The van der Waals surface area contributed by atoms with Crippen molar-refractivity contribution in [1.29, 1.82) is 0 Å². The van der Waals surface area contributed by atoms with Crippen LogP contribution in [0, 0.1) is 12.8 Å². The zero-order valence-electron chi connectivity index (χ0n) is 12.3. The van der Waals surface area contributed by atoms with Crippen molar-refractivity contribution >= 4 is 0 Å². The first kappa shape index (κ1) is 14.0. The normalized spacial score (nSPS) is 27.6. The van der Waals surface area contributed by atoms with E-state index in [1.807, 2.05) is 18.7 Å². The first-order chi connectivity index (χ1) is 9.61. The summed E-state index contributed by atoms with van der Waals surface area (Å²) in [4.78, 5) is 0. The van der Waals surface area contributed by atoms with Crippen LogP contribution in [0.3, 0.4) is 0 Å². The van der Waals surface area contributed by atoms with Crippen LogP contribution in [0.2, 0.25) is 0 Å². The number of aliphatic hydroxyl groups is 1. The van der Waals surface area contributed by atoms with Gasteiger partial charge in [-0.05, 0) is 38.5 Å². The maximum atomic E-state index is 10.7. The van der Waals surface area contributed by atoms with E-state index in [0.717, 1.165) is 56.8 Å². The SMILES string of the molecule is Cc1c(C(O)C2CCOC3(CCOCC3)C2)cnn1C. The van der Waals surface area contributed by atoms with Crippen molar-refractivity contribution in [3.63, 3.8) is 0 Å². The second-order valence-corrected chi connectivity index (χ2v) is 6.15. The Morgan fingerprint density at radius 3 is 2.80 bits per heavy atom. The van der Waals surface area contributed by atoms with Crippen LogP contribution in [0.4, 0.5) is 0 Å². The van der Waals surface area contributed by atoms with Gasteiger partial charge in [-0.2, -0.15) is 5.10 Å². The van der Waals surface area contributed by atoms with Gasteiger partial charge in [0.15, 0.2) is 0 Å². The molecular weight excluding hydrogens is 256 g/mol. The van der Waals surface area contributed by atoms with E-state index in [0.29, 0.717) is 0 Å². The van der Waals surface area contributed by atoms with Crippen LogP contribution >= 0.6 is 0 Å². The molecule has 2 saturated heterocycles. The molecule has 0 amide bonds. The summed E-state index contributed by atoms with van der Waals surface area (Å²) in [6.45, 7) is 4.29. The first-order valence-electron chi connectivity index (χ1n) is 7.50. The molecule has 0 bridgehead atoms. The Morgan fingerprint density at radius 2 is 2.15 bits per heavy atom. The molecule has 3 heterocycles. The highest BCUT2D eigenvalue weighted by Crippen LogP contribution is 2.42. The highest BCUT2D eigenvalue weighted by molar-refractivity contribution is 5.20. The summed E-state index contributed by atoms with van der Waals surface area (Å²) in [5, 5.41) is 15.0. The van der Waals surface area contributed by atoms with Crippen LogP contribution in [-0.4, -0.2) is 40.3 Å². The summed E-state index contributed by atoms with van der Waals surface area (Å²) in [5.41, 5.74) is 1.93. The third kappa shape index (κ3) is 2.50. The molecule has 5 nitrogen and oxygen atoms in total. The molecule has 2 atom stereocenters. The van der Waals surface area contributed by atoms with Crippen molar-refractivity contribution in [1.82, 2.24) is 9.78 Å². The number of nitrogens with zero attached hydrogens (tertiary/aromatic N) is 2. The van der Waals surface area contributed by atoms with Gasteiger partial charge < -0.3 is 14.6 Å². The summed E-state index contributed by atoms with van der Waals surface area (Å²) in [6.07, 6.45) is 5.09. The molecule has 2 aliphatic rings. The van der Waals surface area contributed by atoms with E-state index in [2.05, 4.69) is 5.10 Å². The molecular formula is C15H24N2O3. The van der Waals surface area contributed by atoms with Gasteiger partial charge in [-0.25, -0.2) is 0 Å². The van der Waals surface area contributed by atoms with Gasteiger partial charge in [0, 0.05) is 38.1 Å². The molecule has 1 aromatic rings. The van der Waals surface area contributed by atoms with Gasteiger partial charge in [-0.15, -0.1) is 0 Å². The molecule has 3 rings (SSSR count). The predicted octanol–water partition coefficient (Wildman–Crippen LogP) is 1.74. The Kier molecular flexibility index (Phi) is 3.84. The fourth-order valence-electron chi connectivity index (χ4n) is 3.49. The lowest BCUT2D eigenvalue weighted by atomic mass is 9.77. The molecule has 20 heavy (non-hydrogen) atoms. The van der Waals surface area contributed by atoms with Crippen molar-refractivity contribution in [3.8, 4) is 0 Å². The summed E-state index contributed by atoms with van der Waals surface area (Å²) < 4.78 is 13.3. The van der Waals surface area contributed by atoms with Crippen molar-refractivity contribution in [2.45, 2.75) is 44.3 Å². The quantitative estimate of drug-likeness (QED) is 0.896. The monoisotopic (exact) mass is 280 g/mol. The Balaban J connectivity index is 1.74. The van der Waals surface area contributed by atoms with Crippen molar-refractivity contribution in [2.24, 2.45) is 13.0 Å². The number of ether oxygens (including phenoxy) is 2. The van der Waals surface area contributed by atoms with Crippen LogP contribution in [0.1, 0.15) is 43.0 Å². The predicted molar refractivity (Wildman–Crippen MR) is 74.4 cm³/mol. The Bertz CT molecular complexity index is 460. The number of hydrogen-bond donors (Lipinski definition) is 1. The molecule has 0 aliphatic carbocycles. The van der Waals surface area contributed by atoms with Gasteiger partial charge in [0.1, 0.15) is 0 Å². The lowest BCUT2D eigenvalue weighted by Crippen LogP contribution is -2.45. The lowest BCUT2D eigenvalue weighted by Gasteiger charge is -2.44. The molecule has 5 heteroatoms. The average molecular weight is 280 g/mol. The van der Waals surface area contributed by atoms with Crippen LogP contribution in [0.15, 0.2) is 6.20 Å². The zero-order valence-corrected chi connectivity index (χ0v) is 12.3. The van der Waals surface area contributed by atoms with Crippen LogP contribution in [0.5, 0.6) is 0 Å². The smallest absolute Gasteiger partial charge is 0.0853 e. The van der Waals surface area contributed by atoms with E-state index in [-0.39, 0.29) is 11.5 Å². The minimum Gasteiger partial charge on any atom is -0.388 e. The molecule has 112 valence electrons. The molecule has 2 aliphatic heterocycles. The zero-order chi connectivity index (χ0) is 14.2. The molecule has 1 spiro atoms. The summed E-state index contributed by atoms with van der Waals surface area (Å²) in [5.74, 6) is 0.254. The topological polar surface area (TPSA) is 56.5 Å². The molecule has 0 saturated carbocycles. The average Bonchev–Trinajstić information content (AvgIpc) is 2.79. The van der Waals surface area contributed by atoms with E-state index in [1.165, 1.54) is 0 Å². The van der Waals surface area contributed by atoms with Crippen LogP contribution in [0.25, 0.3) is 0 Å². The van der Waals surface area contributed by atoms with Crippen LogP contribution in [-0.2, 0) is 16.5 Å². The fraction of sp³-hybridized carbons (Fsp3) is 0.800. The van der Waals surface area contributed by atoms with Crippen molar-refractivity contribution < 1.29 is 14.6 Å². The van der Waals surface area contributed by atoms with E-state index < -0.39 is 6.10 Å². The maximum absolute atomic E-state index is 10.7. The van der Waals surface area contributed by atoms with Gasteiger partial charge in [-0.1, -0.05) is 0 Å². The summed E-state index contributed by atoms with van der Waals surface area (Å²) >= 11 is 0. The third-order valence-corrected chi connectivity index (χ3v) is 4.97. The fourth-order valence-corrected chi connectivity index (χ4v) is 3.49. The van der Waals surface area contributed by atoms with Crippen LogP contribution < -0.4 is 0 Å². The standard InChI is InChI=1S/C15H24N2O3/c1-11-13(10-16-17(11)2)14(18)12-3-6-20-15(9-12)4-7-19-8-5-15/h10,12,14,18H,3-9H2,1-2H3. The first-order valence-corrected chi connectivity index (χ1v) is 7.50. The number of aryl methyl sites for hydroxylation is 1. The Hall–Kier alpha value is -0.910. The number of aromatic nitrogens is 2. The van der Waals surface area contributed by atoms with Crippen molar-refractivity contribution in [2.75, 3.05) is 19.8 Å². The maximum Gasteiger partial charge on any atom is 0.0853 e. The van der Waals surface area contributed by atoms with E-state index in [9.17, 15) is 5.11 Å². The van der Waals surface area contributed by atoms with Gasteiger partial charge in [0.2, 0.25) is 0 Å². The minimum atomic E-state index is -0.438. The number of aliphatic hydroxyl groups excluding tert-OH is 1. The molecule has 2 fully saturated rings. The largest absolute Gasteiger partial charge is 0.388 e. The minimum absolute atomic E-state index is 0.0712. The Morgan fingerprint density at radius 1 is 1.40 bits per heavy atom. The van der Waals surface area contributed by atoms with E-state index >= 15 is 0 Å². The molecule has 1 aromatic heterocycles. The summed E-state index contributed by atoms with van der Waals surface area (Å²) in [6, 6.07) is 0.